The number of aliphatic hydroxyl groups excluding tert-OH is 2. The number of benzene rings is 1. The monoisotopic (exact) mass is 267 g/mol. The van der Waals surface area contributed by atoms with E-state index in [0.29, 0.717) is 17.5 Å². The fourth-order valence-corrected chi connectivity index (χ4v) is 2.16. The van der Waals surface area contributed by atoms with E-state index < -0.39 is 12.2 Å². The van der Waals surface area contributed by atoms with Gasteiger partial charge in [-0.05, 0) is 18.1 Å². The molecule has 1 heterocycles. The Balaban J connectivity index is 2.32. The second kappa shape index (κ2) is 5.52. The minimum absolute atomic E-state index is 0.290. The van der Waals surface area contributed by atoms with Crippen LogP contribution in [0.25, 0.3) is 10.9 Å². The van der Waals surface area contributed by atoms with Crippen molar-refractivity contribution >= 4 is 28.8 Å². The van der Waals surface area contributed by atoms with Gasteiger partial charge in [0.25, 0.3) is 0 Å². The number of aromatic nitrogens is 1. The largest absolute Gasteiger partial charge is 0.390 e. The zero-order valence-electron chi connectivity index (χ0n) is 9.64. The Hall–Kier alpha value is -1.36. The lowest BCUT2D eigenvalue weighted by Crippen LogP contribution is -2.18. The molecular formula is C13H14ClNO3. The van der Waals surface area contributed by atoms with E-state index in [-0.39, 0.29) is 5.88 Å². The van der Waals surface area contributed by atoms with Gasteiger partial charge in [0.1, 0.15) is 6.10 Å². The maximum absolute atomic E-state index is 10.8. The topological polar surface area (TPSA) is 73.3 Å². The zero-order chi connectivity index (χ0) is 13.1. The van der Waals surface area contributed by atoms with Crippen LogP contribution in [0, 0.1) is 0 Å². The number of halogens is 1. The lowest BCUT2D eigenvalue weighted by Gasteiger charge is -2.17. The van der Waals surface area contributed by atoms with Crippen LogP contribution in [0.2, 0.25) is 0 Å². The smallest absolute Gasteiger partial charge is 0.152 e. The maximum Gasteiger partial charge on any atom is 0.152 e. The normalized spacial score (nSPS) is 14.6. The molecule has 2 unspecified atom stereocenters. The third-order valence-corrected chi connectivity index (χ3v) is 3.19. The van der Waals surface area contributed by atoms with Crippen LogP contribution in [0.5, 0.6) is 0 Å². The molecule has 0 aliphatic rings. The number of nitrogens with one attached hydrogen (secondary N) is 1. The Labute approximate surface area is 109 Å². The third kappa shape index (κ3) is 2.41. The second-order valence-electron chi connectivity index (χ2n) is 4.16. The molecule has 0 bridgehead atoms. The molecule has 5 heteroatoms. The lowest BCUT2D eigenvalue weighted by atomic mass is 10.0. The van der Waals surface area contributed by atoms with Gasteiger partial charge in [-0.3, -0.25) is 4.79 Å². The summed E-state index contributed by atoms with van der Waals surface area (Å²) in [6.07, 6.45) is 0.849. The molecule has 0 aliphatic heterocycles. The molecule has 0 spiro atoms. The van der Waals surface area contributed by atoms with Gasteiger partial charge >= 0.3 is 0 Å². The summed E-state index contributed by atoms with van der Waals surface area (Å²) < 4.78 is 0. The van der Waals surface area contributed by atoms with Gasteiger partial charge in [-0.25, -0.2) is 0 Å². The van der Waals surface area contributed by atoms with Gasteiger partial charge in [0.2, 0.25) is 0 Å². The van der Waals surface area contributed by atoms with Crippen LogP contribution in [-0.4, -0.2) is 33.5 Å². The summed E-state index contributed by atoms with van der Waals surface area (Å²) >= 11 is 5.53. The van der Waals surface area contributed by atoms with Crippen molar-refractivity contribution in [3.8, 4) is 0 Å². The number of carbonyl (C=O) groups is 1. The van der Waals surface area contributed by atoms with Crippen molar-refractivity contribution in [1.82, 2.24) is 4.98 Å². The summed E-state index contributed by atoms with van der Waals surface area (Å²) in [6, 6.07) is 5.18. The Morgan fingerprint density at radius 1 is 1.39 bits per heavy atom. The average molecular weight is 268 g/mol. The Kier molecular flexibility index (Phi) is 4.01. The summed E-state index contributed by atoms with van der Waals surface area (Å²) in [5, 5.41) is 20.4. The number of fused-ring (bicyclic) bond motifs is 1. The molecule has 18 heavy (non-hydrogen) atoms. The van der Waals surface area contributed by atoms with E-state index in [9.17, 15) is 15.0 Å². The summed E-state index contributed by atoms with van der Waals surface area (Å²) in [6.45, 7) is 0. The number of aliphatic hydroxyl groups is 2. The molecule has 96 valence electrons. The number of carbonyl (C=O) groups excluding carboxylic acids is 1. The quantitative estimate of drug-likeness (QED) is 0.573. The number of rotatable bonds is 5. The van der Waals surface area contributed by atoms with Crippen LogP contribution >= 0.6 is 11.6 Å². The van der Waals surface area contributed by atoms with Crippen LogP contribution in [0.4, 0.5) is 0 Å². The highest BCUT2D eigenvalue weighted by Crippen LogP contribution is 2.24. The average Bonchev–Trinajstić information content (AvgIpc) is 2.80. The predicted octanol–water partition coefficient (Wildman–Crippen LogP) is 2.00. The Morgan fingerprint density at radius 3 is 2.83 bits per heavy atom. The first-order valence-electron chi connectivity index (χ1n) is 5.65. The first-order valence-corrected chi connectivity index (χ1v) is 6.19. The summed E-state index contributed by atoms with van der Waals surface area (Å²) in [4.78, 5) is 13.7. The fraction of sp³-hybridized carbons (Fsp3) is 0.308. The van der Waals surface area contributed by atoms with Crippen molar-refractivity contribution < 1.29 is 15.0 Å². The van der Waals surface area contributed by atoms with E-state index >= 15 is 0 Å². The van der Waals surface area contributed by atoms with Gasteiger partial charge in [-0.1, -0.05) is 12.1 Å². The van der Waals surface area contributed by atoms with Crippen molar-refractivity contribution in [3.05, 3.63) is 35.5 Å². The summed E-state index contributed by atoms with van der Waals surface area (Å²) in [7, 11) is 0. The number of aromatic amines is 1. The standard InChI is InChI=1S/C13H14ClNO3/c14-4-3-12(17)13(18)8-1-2-10-9(7-16)6-15-11(10)5-8/h1-2,5-7,12-13,15,17-18H,3-4H2. The van der Waals surface area contributed by atoms with Crippen LogP contribution < -0.4 is 0 Å². The van der Waals surface area contributed by atoms with E-state index in [2.05, 4.69) is 4.98 Å². The molecule has 0 fully saturated rings. The van der Waals surface area contributed by atoms with Crippen molar-refractivity contribution in [2.24, 2.45) is 0 Å². The number of hydrogen-bond donors (Lipinski definition) is 3. The molecule has 0 saturated carbocycles. The molecule has 2 atom stereocenters. The maximum atomic E-state index is 10.8. The first-order chi connectivity index (χ1) is 8.67. The van der Waals surface area contributed by atoms with Gasteiger partial charge in [0.15, 0.2) is 6.29 Å². The zero-order valence-corrected chi connectivity index (χ0v) is 10.4. The molecule has 0 radical (unpaired) electrons. The van der Waals surface area contributed by atoms with Crippen molar-refractivity contribution in [2.45, 2.75) is 18.6 Å². The number of H-pyrrole nitrogens is 1. The van der Waals surface area contributed by atoms with Gasteiger partial charge in [-0.2, -0.15) is 0 Å². The van der Waals surface area contributed by atoms with E-state index in [1.165, 1.54) is 0 Å². The highest BCUT2D eigenvalue weighted by atomic mass is 35.5. The first kappa shape index (κ1) is 13.1. The molecular weight excluding hydrogens is 254 g/mol. The Morgan fingerprint density at radius 2 is 2.17 bits per heavy atom. The number of aldehydes is 1. The van der Waals surface area contributed by atoms with Crippen molar-refractivity contribution in [3.63, 3.8) is 0 Å². The highest BCUT2D eigenvalue weighted by Gasteiger charge is 2.18. The summed E-state index contributed by atoms with van der Waals surface area (Å²) in [5.74, 6) is 0.290. The van der Waals surface area contributed by atoms with Gasteiger partial charge in [0, 0.05) is 28.5 Å². The molecule has 0 amide bonds. The molecule has 3 N–H and O–H groups in total. The molecule has 4 nitrogen and oxygen atoms in total. The van der Waals surface area contributed by atoms with E-state index in [0.717, 1.165) is 17.2 Å². The van der Waals surface area contributed by atoms with Gasteiger partial charge in [-0.15, -0.1) is 11.6 Å². The molecule has 1 aromatic heterocycles. The van der Waals surface area contributed by atoms with Gasteiger partial charge < -0.3 is 15.2 Å². The second-order valence-corrected chi connectivity index (χ2v) is 4.53. The SMILES string of the molecule is O=Cc1c[nH]c2cc(C(O)C(O)CCCl)ccc12. The highest BCUT2D eigenvalue weighted by molar-refractivity contribution is 6.17. The molecule has 1 aromatic carbocycles. The van der Waals surface area contributed by atoms with Crippen molar-refractivity contribution in [2.75, 3.05) is 5.88 Å². The summed E-state index contributed by atoms with van der Waals surface area (Å²) in [5.41, 5.74) is 1.93. The third-order valence-electron chi connectivity index (χ3n) is 2.98. The Bertz CT molecular complexity index is 552. The van der Waals surface area contributed by atoms with Crippen LogP contribution in [0.3, 0.4) is 0 Å². The number of alkyl halides is 1. The lowest BCUT2D eigenvalue weighted by molar-refractivity contribution is 0.0171. The molecule has 2 rings (SSSR count). The van der Waals surface area contributed by atoms with E-state index in [1.54, 1.807) is 24.4 Å². The molecule has 0 aliphatic carbocycles. The van der Waals surface area contributed by atoms with E-state index in [4.69, 9.17) is 11.6 Å². The predicted molar refractivity (Wildman–Crippen MR) is 70.0 cm³/mol. The fourth-order valence-electron chi connectivity index (χ4n) is 1.94. The van der Waals surface area contributed by atoms with Crippen LogP contribution in [-0.2, 0) is 0 Å². The van der Waals surface area contributed by atoms with Crippen LogP contribution in [0.1, 0.15) is 28.4 Å². The minimum Gasteiger partial charge on any atom is -0.390 e. The number of hydrogen-bond acceptors (Lipinski definition) is 3. The minimum atomic E-state index is -0.976. The van der Waals surface area contributed by atoms with Gasteiger partial charge in [0.05, 0.1) is 6.10 Å². The van der Waals surface area contributed by atoms with E-state index in [1.807, 2.05) is 0 Å². The van der Waals surface area contributed by atoms with Crippen LogP contribution in [0.15, 0.2) is 24.4 Å². The molecule has 0 saturated heterocycles. The molecule has 2 aromatic rings. The van der Waals surface area contributed by atoms with Crippen molar-refractivity contribution in [1.29, 1.82) is 0 Å².